The van der Waals surface area contributed by atoms with Gasteiger partial charge in [-0.05, 0) is 39.5 Å². The average molecular weight is 573 g/mol. The first-order valence-electron chi connectivity index (χ1n) is 14.4. The first-order chi connectivity index (χ1) is 18.7. The molecule has 1 aliphatic rings. The maximum atomic E-state index is 13.0. The van der Waals surface area contributed by atoms with Gasteiger partial charge < -0.3 is 41.0 Å². The van der Waals surface area contributed by atoms with Crippen LogP contribution in [0.15, 0.2) is 0 Å². The molecular formula is C28H52N4O8. The summed E-state index contributed by atoms with van der Waals surface area (Å²) >= 11 is 0. The summed E-state index contributed by atoms with van der Waals surface area (Å²) in [6.07, 6.45) is 2.19. The number of ether oxygens (including phenoxy) is 2. The highest BCUT2D eigenvalue weighted by atomic mass is 16.5. The SMILES string of the molecule is CCC(C)(C)NCCOCCOCCNC(=O)[C@H](CC(=O)O)NC1CCC1N[C@@H](CC(=O)O)C(=O)C(C)(C)CC. The Labute approximate surface area is 238 Å². The lowest BCUT2D eigenvalue weighted by Crippen LogP contribution is -2.63. The van der Waals surface area contributed by atoms with E-state index in [0.29, 0.717) is 39.1 Å². The Morgan fingerprint density at radius 3 is 1.75 bits per heavy atom. The smallest absolute Gasteiger partial charge is 0.305 e. The summed E-state index contributed by atoms with van der Waals surface area (Å²) < 4.78 is 11.0. The third kappa shape index (κ3) is 13.5. The highest BCUT2D eigenvalue weighted by Crippen LogP contribution is 2.27. The minimum absolute atomic E-state index is 0.0785. The van der Waals surface area contributed by atoms with Gasteiger partial charge >= 0.3 is 11.9 Å². The normalized spacial score (nSPS) is 18.9. The number of hydrogen-bond acceptors (Lipinski definition) is 9. The van der Waals surface area contributed by atoms with Gasteiger partial charge in [0.1, 0.15) is 0 Å². The fourth-order valence-electron chi connectivity index (χ4n) is 4.14. The van der Waals surface area contributed by atoms with Gasteiger partial charge in [0.2, 0.25) is 5.91 Å². The zero-order chi connectivity index (χ0) is 30.3. The summed E-state index contributed by atoms with van der Waals surface area (Å²) in [6, 6.07) is -2.36. The molecule has 1 saturated carbocycles. The maximum absolute atomic E-state index is 13.0. The van der Waals surface area contributed by atoms with Crippen molar-refractivity contribution in [2.45, 2.75) is 110 Å². The second-order valence-electron chi connectivity index (χ2n) is 11.7. The topological polar surface area (TPSA) is 175 Å². The van der Waals surface area contributed by atoms with E-state index in [-0.39, 0.29) is 43.0 Å². The molecule has 1 fully saturated rings. The van der Waals surface area contributed by atoms with E-state index in [1.807, 2.05) is 6.92 Å². The second kappa shape index (κ2) is 17.6. The lowest BCUT2D eigenvalue weighted by molar-refractivity contribution is -0.142. The first kappa shape index (κ1) is 35.9. The summed E-state index contributed by atoms with van der Waals surface area (Å²) in [4.78, 5) is 48.6. The molecule has 0 radical (unpaired) electrons. The van der Waals surface area contributed by atoms with Crippen LogP contribution in [0.25, 0.3) is 0 Å². The largest absolute Gasteiger partial charge is 0.481 e. The van der Waals surface area contributed by atoms with Crippen molar-refractivity contribution in [2.24, 2.45) is 5.41 Å². The van der Waals surface area contributed by atoms with Gasteiger partial charge in [-0.25, -0.2) is 0 Å². The van der Waals surface area contributed by atoms with Gasteiger partial charge in [0.25, 0.3) is 0 Å². The quantitative estimate of drug-likeness (QED) is 0.0974. The van der Waals surface area contributed by atoms with Crippen molar-refractivity contribution in [3.05, 3.63) is 0 Å². The molecule has 0 bridgehead atoms. The molecule has 2 unspecified atom stereocenters. The van der Waals surface area contributed by atoms with Crippen LogP contribution < -0.4 is 21.3 Å². The summed E-state index contributed by atoms with van der Waals surface area (Å²) in [6.45, 7) is 14.5. The molecule has 1 rings (SSSR count). The standard InChI is InChI=1S/C28H52N4O8/c1-7-27(3,4)25(37)21(17-23(33)34)31-19-9-10-20(19)32-22(18-24(35)36)26(38)29-11-13-39-15-16-40-14-12-30-28(5,6)8-2/h19-22,30-32H,7-18H2,1-6H3,(H,29,38)(H,33,34)(H,35,36)/t19?,20?,21-,22-/m0/s1. The van der Waals surface area contributed by atoms with Crippen LogP contribution in [0.5, 0.6) is 0 Å². The minimum Gasteiger partial charge on any atom is -0.481 e. The molecule has 1 amide bonds. The molecule has 12 heteroatoms. The van der Waals surface area contributed by atoms with Crippen LogP contribution in [0.3, 0.4) is 0 Å². The molecule has 0 aromatic heterocycles. The predicted molar refractivity (Wildman–Crippen MR) is 151 cm³/mol. The van der Waals surface area contributed by atoms with Gasteiger partial charge in [0, 0.05) is 36.1 Å². The van der Waals surface area contributed by atoms with Crippen LogP contribution in [-0.2, 0) is 28.7 Å². The van der Waals surface area contributed by atoms with Gasteiger partial charge in [-0.15, -0.1) is 0 Å². The number of ketones is 1. The van der Waals surface area contributed by atoms with E-state index in [2.05, 4.69) is 42.0 Å². The number of nitrogens with one attached hydrogen (secondary N) is 4. The molecule has 0 saturated heterocycles. The maximum Gasteiger partial charge on any atom is 0.305 e. The summed E-state index contributed by atoms with van der Waals surface area (Å²) in [5.74, 6) is -2.83. The van der Waals surface area contributed by atoms with Crippen molar-refractivity contribution in [3.8, 4) is 0 Å². The lowest BCUT2D eigenvalue weighted by atomic mass is 9.79. The number of carboxylic acid groups (broad SMARTS) is 2. The van der Waals surface area contributed by atoms with Crippen molar-refractivity contribution < 1.29 is 38.9 Å². The second-order valence-corrected chi connectivity index (χ2v) is 11.7. The Hall–Kier alpha value is -2.12. The first-order valence-corrected chi connectivity index (χ1v) is 14.4. The van der Waals surface area contributed by atoms with E-state index in [0.717, 1.165) is 13.0 Å². The summed E-state index contributed by atoms with van der Waals surface area (Å²) in [5, 5.41) is 31.0. The number of aliphatic carboxylic acids is 2. The summed E-state index contributed by atoms with van der Waals surface area (Å²) in [5.41, 5.74) is -0.599. The van der Waals surface area contributed by atoms with Crippen molar-refractivity contribution >= 4 is 23.6 Å². The molecule has 6 N–H and O–H groups in total. The Morgan fingerprint density at radius 2 is 1.27 bits per heavy atom. The number of Topliss-reactive ketones (excluding diaryl/α,β-unsaturated/α-hetero) is 1. The third-order valence-electron chi connectivity index (χ3n) is 7.70. The lowest BCUT2D eigenvalue weighted by Gasteiger charge is -2.42. The van der Waals surface area contributed by atoms with Gasteiger partial charge in [0.15, 0.2) is 5.78 Å². The monoisotopic (exact) mass is 572 g/mol. The number of carbonyl (C=O) groups is 4. The molecule has 40 heavy (non-hydrogen) atoms. The number of rotatable bonds is 23. The van der Waals surface area contributed by atoms with Crippen LogP contribution in [0.1, 0.15) is 80.1 Å². The number of carboxylic acids is 2. The van der Waals surface area contributed by atoms with E-state index >= 15 is 0 Å². The molecule has 0 aliphatic heterocycles. The van der Waals surface area contributed by atoms with Gasteiger partial charge in [-0.3, -0.25) is 19.2 Å². The van der Waals surface area contributed by atoms with Crippen molar-refractivity contribution in [1.29, 1.82) is 0 Å². The van der Waals surface area contributed by atoms with E-state index in [4.69, 9.17) is 9.47 Å². The highest BCUT2D eigenvalue weighted by molar-refractivity contribution is 5.92. The number of hydrogen-bond donors (Lipinski definition) is 6. The molecule has 1 aliphatic carbocycles. The highest BCUT2D eigenvalue weighted by Gasteiger charge is 2.40. The predicted octanol–water partition coefficient (Wildman–Crippen LogP) is 1.32. The molecule has 4 atom stereocenters. The third-order valence-corrected chi connectivity index (χ3v) is 7.70. The molecule has 0 aromatic carbocycles. The molecule has 232 valence electrons. The van der Waals surface area contributed by atoms with E-state index in [1.54, 1.807) is 13.8 Å². The van der Waals surface area contributed by atoms with Crippen LogP contribution in [0.4, 0.5) is 0 Å². The van der Waals surface area contributed by atoms with Crippen molar-refractivity contribution in [3.63, 3.8) is 0 Å². The Balaban J connectivity index is 2.48. The molecule has 12 nitrogen and oxygen atoms in total. The van der Waals surface area contributed by atoms with Crippen LogP contribution in [-0.4, -0.2) is 103 Å². The van der Waals surface area contributed by atoms with Crippen molar-refractivity contribution in [2.75, 3.05) is 39.5 Å². The van der Waals surface area contributed by atoms with Gasteiger partial charge in [-0.1, -0.05) is 27.7 Å². The fourth-order valence-corrected chi connectivity index (χ4v) is 4.14. The van der Waals surface area contributed by atoms with Crippen molar-refractivity contribution in [1.82, 2.24) is 21.3 Å². The summed E-state index contributed by atoms with van der Waals surface area (Å²) in [7, 11) is 0. The van der Waals surface area contributed by atoms with Crippen LogP contribution in [0.2, 0.25) is 0 Å². The number of amides is 1. The number of carbonyl (C=O) groups excluding carboxylic acids is 2. The molecular weight excluding hydrogens is 520 g/mol. The van der Waals surface area contributed by atoms with Crippen LogP contribution >= 0.6 is 0 Å². The van der Waals surface area contributed by atoms with Gasteiger partial charge in [0.05, 0.1) is 51.4 Å². The zero-order valence-electron chi connectivity index (χ0n) is 25.1. The van der Waals surface area contributed by atoms with E-state index in [9.17, 15) is 29.4 Å². The minimum atomic E-state index is -1.12. The Morgan fingerprint density at radius 1 is 0.775 bits per heavy atom. The molecule has 0 heterocycles. The zero-order valence-corrected chi connectivity index (χ0v) is 25.1. The van der Waals surface area contributed by atoms with E-state index in [1.165, 1.54) is 0 Å². The van der Waals surface area contributed by atoms with Crippen LogP contribution in [0, 0.1) is 5.41 Å². The Bertz CT molecular complexity index is 820. The Kier molecular flexibility index (Phi) is 15.8. The average Bonchev–Trinajstić information content (AvgIpc) is 2.87. The van der Waals surface area contributed by atoms with E-state index < -0.39 is 41.8 Å². The van der Waals surface area contributed by atoms with Gasteiger partial charge in [-0.2, -0.15) is 0 Å². The fraction of sp³-hybridized carbons (Fsp3) is 0.857. The molecule has 0 aromatic rings. The molecule has 0 spiro atoms.